The van der Waals surface area contributed by atoms with Crippen molar-refractivity contribution in [3.8, 4) is 0 Å². The molecule has 2 aromatic heterocycles. The summed E-state index contributed by atoms with van der Waals surface area (Å²) in [7, 11) is 1.75. The third-order valence-corrected chi connectivity index (χ3v) is 3.17. The summed E-state index contributed by atoms with van der Waals surface area (Å²) in [5.41, 5.74) is 0.904. The number of hydrogen-bond donors (Lipinski definition) is 1. The molecule has 17 heavy (non-hydrogen) atoms. The predicted molar refractivity (Wildman–Crippen MR) is 67.5 cm³/mol. The topological polar surface area (TPSA) is 63.6 Å². The number of hydrogen-bond acceptors (Lipinski definition) is 6. The second-order valence-corrected chi connectivity index (χ2v) is 4.54. The monoisotopic (exact) mass is 267 g/mol. The molecule has 2 rings (SSSR count). The van der Waals surface area contributed by atoms with Gasteiger partial charge < -0.3 is 5.32 Å². The molecule has 0 saturated carbocycles. The van der Waals surface area contributed by atoms with Crippen molar-refractivity contribution in [2.75, 3.05) is 12.4 Å². The third kappa shape index (κ3) is 3.04. The van der Waals surface area contributed by atoms with E-state index in [0.717, 1.165) is 5.69 Å². The van der Waals surface area contributed by atoms with Crippen molar-refractivity contribution in [1.82, 2.24) is 19.9 Å². The minimum absolute atomic E-state index is 0.485. The zero-order valence-corrected chi connectivity index (χ0v) is 10.9. The lowest BCUT2D eigenvalue weighted by Gasteiger charge is -2.04. The van der Waals surface area contributed by atoms with Crippen LogP contribution in [0.15, 0.2) is 28.6 Å². The molecule has 0 aromatic carbocycles. The lowest BCUT2D eigenvalue weighted by molar-refractivity contribution is 0.925. The number of halogens is 1. The molecule has 0 saturated heterocycles. The molecule has 7 heteroatoms. The maximum Gasteiger partial charge on any atom is 0.223 e. The van der Waals surface area contributed by atoms with Crippen molar-refractivity contribution in [3.05, 3.63) is 29.2 Å². The zero-order valence-electron chi connectivity index (χ0n) is 9.31. The van der Waals surface area contributed by atoms with Gasteiger partial charge in [0.2, 0.25) is 5.95 Å². The molecular formula is C10H10ClN5S. The minimum atomic E-state index is 0.485. The van der Waals surface area contributed by atoms with Crippen LogP contribution in [-0.2, 0) is 0 Å². The molecule has 0 aliphatic carbocycles. The van der Waals surface area contributed by atoms with Crippen molar-refractivity contribution in [3.63, 3.8) is 0 Å². The highest BCUT2D eigenvalue weighted by Crippen LogP contribution is 2.29. The molecule has 0 aliphatic rings. The van der Waals surface area contributed by atoms with Crippen molar-refractivity contribution in [2.45, 2.75) is 17.1 Å². The Hall–Kier alpha value is -1.40. The first-order chi connectivity index (χ1) is 8.19. The van der Waals surface area contributed by atoms with Crippen LogP contribution in [0.4, 0.5) is 5.95 Å². The van der Waals surface area contributed by atoms with Gasteiger partial charge in [-0.3, -0.25) is 0 Å². The maximum absolute atomic E-state index is 6.01. The lowest BCUT2D eigenvalue weighted by Crippen LogP contribution is -1.97. The molecule has 0 atom stereocenters. The third-order valence-electron chi connectivity index (χ3n) is 1.90. The molecule has 0 unspecified atom stereocenters. The summed E-state index contributed by atoms with van der Waals surface area (Å²) in [6.07, 6.45) is 3.26. The Morgan fingerprint density at radius 3 is 2.82 bits per heavy atom. The number of rotatable bonds is 3. The Morgan fingerprint density at radius 2 is 2.12 bits per heavy atom. The number of nitrogens with one attached hydrogen (secondary N) is 1. The predicted octanol–water partition coefficient (Wildman–Crippen LogP) is 2.42. The fourth-order valence-corrected chi connectivity index (χ4v) is 2.07. The normalized spacial score (nSPS) is 10.3. The van der Waals surface area contributed by atoms with E-state index < -0.39 is 0 Å². The molecule has 2 heterocycles. The SMILES string of the molecule is CNc1ncc(Cl)c(Sc2nccc(C)n2)n1. The maximum atomic E-state index is 6.01. The van der Waals surface area contributed by atoms with E-state index in [1.54, 1.807) is 19.4 Å². The van der Waals surface area contributed by atoms with E-state index in [1.165, 1.54) is 11.8 Å². The van der Waals surface area contributed by atoms with Crippen LogP contribution in [0.1, 0.15) is 5.69 Å². The Bertz CT molecular complexity index is 534. The summed E-state index contributed by atoms with van der Waals surface area (Å²) < 4.78 is 0. The average molecular weight is 268 g/mol. The van der Waals surface area contributed by atoms with Crippen molar-refractivity contribution in [2.24, 2.45) is 0 Å². The lowest BCUT2D eigenvalue weighted by atomic mass is 10.5. The fourth-order valence-electron chi connectivity index (χ4n) is 1.11. The number of nitrogens with zero attached hydrogens (tertiary/aromatic N) is 4. The fraction of sp³-hybridized carbons (Fsp3) is 0.200. The van der Waals surface area contributed by atoms with Gasteiger partial charge in [0.05, 0.1) is 11.2 Å². The average Bonchev–Trinajstić information content (AvgIpc) is 2.32. The standard InChI is InChI=1S/C10H10ClN5S/c1-6-3-4-13-10(15-6)17-8-7(11)5-14-9(12-2)16-8/h3-5H,1-2H3,(H,12,14,16). The number of aromatic nitrogens is 4. The Kier molecular flexibility index (Phi) is 3.75. The molecule has 0 bridgehead atoms. The zero-order chi connectivity index (χ0) is 12.3. The summed E-state index contributed by atoms with van der Waals surface area (Å²) >= 11 is 7.33. The van der Waals surface area contributed by atoms with E-state index in [2.05, 4.69) is 25.3 Å². The van der Waals surface area contributed by atoms with Crippen molar-refractivity contribution >= 4 is 29.3 Å². The van der Waals surface area contributed by atoms with Gasteiger partial charge in [-0.1, -0.05) is 11.6 Å². The summed E-state index contributed by atoms with van der Waals surface area (Å²) in [6, 6.07) is 1.84. The van der Waals surface area contributed by atoms with Gasteiger partial charge in [-0.05, 0) is 24.8 Å². The molecule has 0 fully saturated rings. The van der Waals surface area contributed by atoms with Crippen LogP contribution in [0, 0.1) is 6.92 Å². The second kappa shape index (κ2) is 5.29. The van der Waals surface area contributed by atoms with Crippen LogP contribution in [0.2, 0.25) is 5.02 Å². The second-order valence-electron chi connectivity index (χ2n) is 3.18. The molecular weight excluding hydrogens is 258 g/mol. The molecule has 1 N–H and O–H groups in total. The summed E-state index contributed by atoms with van der Waals surface area (Å²) in [5, 5.41) is 4.60. The minimum Gasteiger partial charge on any atom is -0.357 e. The van der Waals surface area contributed by atoms with Gasteiger partial charge in [0.25, 0.3) is 0 Å². The van der Waals surface area contributed by atoms with Crippen LogP contribution in [0.5, 0.6) is 0 Å². The van der Waals surface area contributed by atoms with Crippen molar-refractivity contribution in [1.29, 1.82) is 0 Å². The van der Waals surface area contributed by atoms with Crippen LogP contribution in [0.3, 0.4) is 0 Å². The quantitative estimate of drug-likeness (QED) is 0.681. The first-order valence-corrected chi connectivity index (χ1v) is 6.06. The van der Waals surface area contributed by atoms with Crippen LogP contribution in [0.25, 0.3) is 0 Å². The van der Waals surface area contributed by atoms with Crippen molar-refractivity contribution < 1.29 is 0 Å². The van der Waals surface area contributed by atoms with Crippen LogP contribution in [-0.4, -0.2) is 27.0 Å². The van der Waals surface area contributed by atoms with E-state index >= 15 is 0 Å². The van der Waals surface area contributed by atoms with Gasteiger partial charge in [0, 0.05) is 18.9 Å². The largest absolute Gasteiger partial charge is 0.357 e. The Labute approximate surface area is 108 Å². The first-order valence-electron chi connectivity index (χ1n) is 4.87. The van der Waals surface area contributed by atoms with E-state index in [1.807, 2.05) is 13.0 Å². The van der Waals surface area contributed by atoms with E-state index in [4.69, 9.17) is 11.6 Å². The molecule has 88 valence electrons. The van der Waals surface area contributed by atoms with E-state index in [0.29, 0.717) is 21.2 Å². The number of aryl methyl sites for hydroxylation is 1. The van der Waals surface area contributed by atoms with Gasteiger partial charge in [-0.2, -0.15) is 0 Å². The molecule has 0 amide bonds. The summed E-state index contributed by atoms with van der Waals surface area (Å²) in [5.74, 6) is 0.518. The Morgan fingerprint density at radius 1 is 1.29 bits per heavy atom. The van der Waals surface area contributed by atoms with Gasteiger partial charge in [0.15, 0.2) is 5.16 Å². The summed E-state index contributed by atoms with van der Waals surface area (Å²) in [6.45, 7) is 1.91. The van der Waals surface area contributed by atoms with Gasteiger partial charge >= 0.3 is 0 Å². The Balaban J connectivity index is 2.29. The van der Waals surface area contributed by atoms with Gasteiger partial charge in [-0.15, -0.1) is 0 Å². The highest BCUT2D eigenvalue weighted by atomic mass is 35.5. The van der Waals surface area contributed by atoms with Crippen LogP contribution >= 0.6 is 23.4 Å². The smallest absolute Gasteiger partial charge is 0.223 e. The first kappa shape index (κ1) is 12.1. The van der Waals surface area contributed by atoms with Gasteiger partial charge in [0.1, 0.15) is 5.03 Å². The number of anilines is 1. The molecule has 0 spiro atoms. The van der Waals surface area contributed by atoms with E-state index in [9.17, 15) is 0 Å². The molecule has 0 aliphatic heterocycles. The highest BCUT2D eigenvalue weighted by Gasteiger charge is 2.08. The molecule has 2 aromatic rings. The van der Waals surface area contributed by atoms with Crippen LogP contribution < -0.4 is 5.32 Å². The molecule has 0 radical (unpaired) electrons. The van der Waals surface area contributed by atoms with E-state index in [-0.39, 0.29) is 0 Å². The summed E-state index contributed by atoms with van der Waals surface area (Å²) in [4.78, 5) is 16.7. The van der Waals surface area contributed by atoms with Gasteiger partial charge in [-0.25, -0.2) is 19.9 Å². The highest BCUT2D eigenvalue weighted by molar-refractivity contribution is 7.99. The molecule has 5 nitrogen and oxygen atoms in total.